The minimum Gasteiger partial charge on any atom is -0.493 e. The van der Waals surface area contributed by atoms with Crippen molar-refractivity contribution in [2.75, 3.05) is 34.4 Å². The number of unbranched alkanes of at least 4 members (excludes halogenated alkanes) is 1. The van der Waals surface area contributed by atoms with Crippen molar-refractivity contribution in [2.24, 2.45) is 4.99 Å². The van der Waals surface area contributed by atoms with Crippen LogP contribution in [-0.4, -0.2) is 46.2 Å². The molecule has 168 valence electrons. The van der Waals surface area contributed by atoms with Crippen molar-refractivity contribution >= 4 is 11.9 Å². The Hall–Kier alpha value is -3.22. The second-order valence-electron chi connectivity index (χ2n) is 7.10. The van der Waals surface area contributed by atoms with E-state index in [-0.39, 0.29) is 5.91 Å². The van der Waals surface area contributed by atoms with Crippen molar-refractivity contribution in [3.63, 3.8) is 0 Å². The Bertz CT molecular complexity index is 850. The minimum absolute atomic E-state index is 0.0272. The van der Waals surface area contributed by atoms with Crippen LogP contribution in [0.3, 0.4) is 0 Å². The van der Waals surface area contributed by atoms with Crippen LogP contribution < -0.4 is 25.4 Å². The first kappa shape index (κ1) is 24.1. The minimum atomic E-state index is -0.0272. The number of carbonyl (C=O) groups is 1. The van der Waals surface area contributed by atoms with Crippen LogP contribution in [0.15, 0.2) is 47.5 Å². The second-order valence-corrected chi connectivity index (χ2v) is 7.10. The number of aliphatic imine (C=N–C) groups is 1. The summed E-state index contributed by atoms with van der Waals surface area (Å²) in [7, 11) is 5.01. The number of carbonyl (C=O) groups excluding carboxylic acids is 1. The zero-order chi connectivity index (χ0) is 22.5. The van der Waals surface area contributed by atoms with Crippen LogP contribution in [0.1, 0.15) is 41.3 Å². The Kier molecular flexibility index (Phi) is 10.2. The molecule has 1 amide bonds. The highest BCUT2D eigenvalue weighted by atomic mass is 16.5. The first-order valence-electron chi connectivity index (χ1n) is 10.6. The van der Waals surface area contributed by atoms with Crippen LogP contribution in [0, 0.1) is 0 Å². The molecule has 0 saturated heterocycles. The van der Waals surface area contributed by atoms with E-state index in [0.717, 1.165) is 54.4 Å². The summed E-state index contributed by atoms with van der Waals surface area (Å²) < 4.78 is 10.6. The largest absolute Gasteiger partial charge is 0.493 e. The molecule has 0 fully saturated rings. The van der Waals surface area contributed by atoms with Gasteiger partial charge in [0.25, 0.3) is 5.91 Å². The number of amides is 1. The van der Waals surface area contributed by atoms with Crippen LogP contribution in [0.4, 0.5) is 0 Å². The molecule has 0 unspecified atom stereocenters. The molecule has 2 aromatic carbocycles. The smallest absolute Gasteiger partial charge is 0.251 e. The van der Waals surface area contributed by atoms with E-state index in [0.29, 0.717) is 18.7 Å². The molecule has 0 aliphatic rings. The van der Waals surface area contributed by atoms with Gasteiger partial charge in [0.2, 0.25) is 0 Å². The predicted molar refractivity (Wildman–Crippen MR) is 125 cm³/mol. The lowest BCUT2D eigenvalue weighted by atomic mass is 10.1. The van der Waals surface area contributed by atoms with Gasteiger partial charge in [0.05, 0.1) is 14.2 Å². The SMILES string of the molecule is CCCCNC(=O)c1ccc(CNC(=NC)NCCc2ccc(OC)c(OC)c2)cc1. The zero-order valence-corrected chi connectivity index (χ0v) is 19.0. The molecule has 7 nitrogen and oxygen atoms in total. The van der Waals surface area contributed by atoms with Gasteiger partial charge in [-0.15, -0.1) is 0 Å². The normalized spacial score (nSPS) is 11.0. The zero-order valence-electron chi connectivity index (χ0n) is 19.0. The maximum Gasteiger partial charge on any atom is 0.251 e. The van der Waals surface area contributed by atoms with E-state index in [1.807, 2.05) is 42.5 Å². The van der Waals surface area contributed by atoms with E-state index in [1.54, 1.807) is 21.3 Å². The number of methoxy groups -OCH3 is 2. The molecule has 0 saturated carbocycles. The third kappa shape index (κ3) is 7.85. The molecular weight excluding hydrogens is 392 g/mol. The molecule has 0 aromatic heterocycles. The topological polar surface area (TPSA) is 84.0 Å². The van der Waals surface area contributed by atoms with Gasteiger partial charge in [-0.2, -0.15) is 0 Å². The van der Waals surface area contributed by atoms with Crippen LogP contribution in [0.25, 0.3) is 0 Å². The predicted octanol–water partition coefficient (Wildman–Crippen LogP) is 3.14. The first-order valence-corrected chi connectivity index (χ1v) is 10.6. The van der Waals surface area contributed by atoms with Gasteiger partial charge in [0.1, 0.15) is 0 Å². The van der Waals surface area contributed by atoms with Crippen LogP contribution in [0.5, 0.6) is 11.5 Å². The summed E-state index contributed by atoms with van der Waals surface area (Å²) >= 11 is 0. The third-order valence-corrected chi connectivity index (χ3v) is 4.87. The lowest BCUT2D eigenvalue weighted by Gasteiger charge is -2.13. The fraction of sp³-hybridized carbons (Fsp3) is 0.417. The highest BCUT2D eigenvalue weighted by molar-refractivity contribution is 5.94. The monoisotopic (exact) mass is 426 g/mol. The average molecular weight is 427 g/mol. The van der Waals surface area contributed by atoms with Gasteiger partial charge in [-0.25, -0.2) is 0 Å². The van der Waals surface area contributed by atoms with E-state index in [1.165, 1.54) is 0 Å². The molecular formula is C24H34N4O3. The van der Waals surface area contributed by atoms with Crippen molar-refractivity contribution in [1.29, 1.82) is 0 Å². The maximum absolute atomic E-state index is 12.1. The number of benzene rings is 2. The Morgan fingerprint density at radius 3 is 2.26 bits per heavy atom. The molecule has 0 heterocycles. The van der Waals surface area contributed by atoms with Crippen molar-refractivity contribution in [3.8, 4) is 11.5 Å². The molecule has 2 aromatic rings. The van der Waals surface area contributed by atoms with E-state index in [9.17, 15) is 4.79 Å². The van der Waals surface area contributed by atoms with E-state index < -0.39 is 0 Å². The van der Waals surface area contributed by atoms with Gasteiger partial charge < -0.3 is 25.4 Å². The summed E-state index contributed by atoms with van der Waals surface area (Å²) in [6, 6.07) is 13.5. The summed E-state index contributed by atoms with van der Waals surface area (Å²) in [5.74, 6) is 2.15. The lowest BCUT2D eigenvalue weighted by molar-refractivity contribution is 0.0953. The number of ether oxygens (including phenoxy) is 2. The van der Waals surface area contributed by atoms with E-state index in [2.05, 4.69) is 27.9 Å². The van der Waals surface area contributed by atoms with Crippen LogP contribution in [-0.2, 0) is 13.0 Å². The molecule has 31 heavy (non-hydrogen) atoms. The Morgan fingerprint density at radius 2 is 1.61 bits per heavy atom. The van der Waals surface area contributed by atoms with Gasteiger partial charge in [-0.3, -0.25) is 9.79 Å². The molecule has 3 N–H and O–H groups in total. The van der Waals surface area contributed by atoms with Crippen LogP contribution in [0.2, 0.25) is 0 Å². The Labute approximate surface area is 185 Å². The van der Waals surface area contributed by atoms with Crippen molar-refractivity contribution < 1.29 is 14.3 Å². The molecule has 0 atom stereocenters. The quantitative estimate of drug-likeness (QED) is 0.292. The molecule has 0 radical (unpaired) electrons. The molecule has 2 rings (SSSR count). The maximum atomic E-state index is 12.1. The second kappa shape index (κ2) is 13.2. The number of hydrogen-bond acceptors (Lipinski definition) is 4. The van der Waals surface area contributed by atoms with E-state index >= 15 is 0 Å². The molecule has 7 heteroatoms. The fourth-order valence-corrected chi connectivity index (χ4v) is 3.02. The molecule has 0 aliphatic carbocycles. The Balaban J connectivity index is 1.79. The highest BCUT2D eigenvalue weighted by Crippen LogP contribution is 2.27. The third-order valence-electron chi connectivity index (χ3n) is 4.87. The number of nitrogens with one attached hydrogen (secondary N) is 3. The van der Waals surface area contributed by atoms with Gasteiger partial charge in [-0.1, -0.05) is 31.5 Å². The lowest BCUT2D eigenvalue weighted by Crippen LogP contribution is -2.37. The van der Waals surface area contributed by atoms with Gasteiger partial charge in [-0.05, 0) is 48.2 Å². The summed E-state index contributed by atoms with van der Waals surface area (Å²) in [6.45, 7) is 4.16. The summed E-state index contributed by atoms with van der Waals surface area (Å²) in [4.78, 5) is 16.4. The van der Waals surface area contributed by atoms with Crippen molar-refractivity contribution in [2.45, 2.75) is 32.7 Å². The summed E-state index contributed by atoms with van der Waals surface area (Å²) in [6.07, 6.45) is 2.88. The number of guanidine groups is 1. The average Bonchev–Trinajstić information content (AvgIpc) is 2.81. The standard InChI is InChI=1S/C24H34N4O3/c1-5-6-14-26-23(29)20-10-7-19(8-11-20)17-28-24(25-2)27-15-13-18-9-12-21(30-3)22(16-18)31-4/h7-12,16H,5-6,13-15,17H2,1-4H3,(H,26,29)(H2,25,27,28). The number of rotatable bonds is 11. The van der Waals surface area contributed by atoms with Crippen molar-refractivity contribution in [3.05, 3.63) is 59.2 Å². The summed E-state index contributed by atoms with van der Waals surface area (Å²) in [5, 5.41) is 9.54. The van der Waals surface area contributed by atoms with E-state index in [4.69, 9.17) is 9.47 Å². The number of hydrogen-bond donors (Lipinski definition) is 3. The van der Waals surface area contributed by atoms with Gasteiger partial charge >= 0.3 is 0 Å². The highest BCUT2D eigenvalue weighted by Gasteiger charge is 2.06. The van der Waals surface area contributed by atoms with Gasteiger partial charge in [0.15, 0.2) is 17.5 Å². The van der Waals surface area contributed by atoms with Gasteiger partial charge in [0, 0.05) is 32.2 Å². The Morgan fingerprint density at radius 1 is 0.903 bits per heavy atom. The molecule has 0 aliphatic heterocycles. The number of nitrogens with zero attached hydrogens (tertiary/aromatic N) is 1. The fourth-order valence-electron chi connectivity index (χ4n) is 3.02. The summed E-state index contributed by atoms with van der Waals surface area (Å²) in [5.41, 5.74) is 2.90. The first-order chi connectivity index (χ1) is 15.1. The molecule has 0 spiro atoms. The molecule has 0 bridgehead atoms. The van der Waals surface area contributed by atoms with Crippen LogP contribution >= 0.6 is 0 Å². The van der Waals surface area contributed by atoms with Crippen molar-refractivity contribution in [1.82, 2.24) is 16.0 Å².